The molecule has 0 unspecified atom stereocenters. The van der Waals surface area contributed by atoms with Gasteiger partial charge in [0.2, 0.25) is 6.23 Å². The number of hydrogen-bond acceptors (Lipinski definition) is 1. The zero-order valence-electron chi connectivity index (χ0n) is 18.1. The van der Waals surface area contributed by atoms with Crippen molar-refractivity contribution in [2.75, 3.05) is 13.6 Å². The Morgan fingerprint density at radius 1 is 0.774 bits per heavy atom. The number of quaternary nitrogens is 1. The van der Waals surface area contributed by atoms with E-state index in [-0.39, 0.29) is 29.3 Å². The third-order valence-electron chi connectivity index (χ3n) is 6.23. The maximum absolute atomic E-state index is 6.65. The van der Waals surface area contributed by atoms with Crippen LogP contribution >= 0.6 is 0 Å². The number of likely N-dealkylation sites (N-methyl/N-ethyl adjacent to an activating group) is 1. The van der Waals surface area contributed by atoms with Crippen molar-refractivity contribution in [3.05, 3.63) is 120 Å². The quantitative estimate of drug-likeness (QED) is 0.496. The van der Waals surface area contributed by atoms with Crippen LogP contribution in [0.2, 0.25) is 0 Å². The van der Waals surface area contributed by atoms with E-state index < -0.39 is 0 Å². The van der Waals surface area contributed by atoms with Gasteiger partial charge in [-0.1, -0.05) is 103 Å². The molecule has 0 spiro atoms. The van der Waals surface area contributed by atoms with E-state index in [0.717, 1.165) is 11.0 Å². The van der Waals surface area contributed by atoms with E-state index in [0.29, 0.717) is 6.04 Å². The Kier molecular flexibility index (Phi) is 8.03. The minimum absolute atomic E-state index is 0. The lowest BCUT2D eigenvalue weighted by molar-refractivity contribution is -0.940. The molecule has 0 radical (unpaired) electrons. The number of nitrogens with zero attached hydrogens (tertiary/aromatic N) is 1. The lowest BCUT2D eigenvalue weighted by atomic mass is 10.0. The molecule has 0 aromatic heterocycles. The second-order valence-corrected chi connectivity index (χ2v) is 8.21. The zero-order valence-corrected chi connectivity index (χ0v) is 19.7. The Labute approximate surface area is 196 Å². The second kappa shape index (κ2) is 10.7. The van der Waals surface area contributed by atoms with Crippen molar-refractivity contribution in [2.45, 2.75) is 25.3 Å². The van der Waals surface area contributed by atoms with Crippen LogP contribution in [0.5, 0.6) is 0 Å². The molecule has 0 amide bonds. The summed E-state index contributed by atoms with van der Waals surface area (Å²) in [6, 6.07) is 31.9. The van der Waals surface area contributed by atoms with Gasteiger partial charge in [-0.05, 0) is 29.7 Å². The molecule has 1 aliphatic heterocycles. The van der Waals surface area contributed by atoms with Crippen molar-refractivity contribution in [3.63, 3.8) is 0 Å². The summed E-state index contributed by atoms with van der Waals surface area (Å²) < 4.78 is 7.46. The molecule has 0 saturated carbocycles. The van der Waals surface area contributed by atoms with Crippen LogP contribution in [0, 0.1) is 0 Å². The van der Waals surface area contributed by atoms with E-state index in [4.69, 9.17) is 4.74 Å². The summed E-state index contributed by atoms with van der Waals surface area (Å²) in [6.07, 6.45) is 8.97. The summed E-state index contributed by atoms with van der Waals surface area (Å²) in [6.45, 7) is 3.22. The molecule has 1 fully saturated rings. The minimum atomic E-state index is -0.00849. The zero-order chi connectivity index (χ0) is 20.8. The Morgan fingerprint density at radius 2 is 1.29 bits per heavy atom. The van der Waals surface area contributed by atoms with E-state index in [9.17, 15) is 0 Å². The van der Waals surface area contributed by atoms with Crippen LogP contribution in [0.25, 0.3) is 12.2 Å². The van der Waals surface area contributed by atoms with E-state index in [1.807, 2.05) is 6.07 Å². The number of hydrogen-bond donors (Lipinski definition) is 0. The molecule has 3 heteroatoms. The molecule has 1 heterocycles. The van der Waals surface area contributed by atoms with Gasteiger partial charge in [-0.25, -0.2) is 0 Å². The molecule has 3 aromatic rings. The van der Waals surface area contributed by atoms with Crippen molar-refractivity contribution in [1.29, 1.82) is 0 Å². The highest BCUT2D eigenvalue weighted by Crippen LogP contribution is 2.40. The monoisotopic (exact) mass is 475 g/mol. The molecule has 4 rings (SSSR count). The van der Waals surface area contributed by atoms with Crippen LogP contribution in [-0.2, 0) is 4.74 Å². The van der Waals surface area contributed by atoms with Crippen molar-refractivity contribution < 1.29 is 26.2 Å². The first kappa shape index (κ1) is 23.2. The summed E-state index contributed by atoms with van der Waals surface area (Å²) >= 11 is 0. The topological polar surface area (TPSA) is 9.23 Å². The summed E-state index contributed by atoms with van der Waals surface area (Å²) in [4.78, 5) is 0. The predicted molar refractivity (Wildman–Crippen MR) is 126 cm³/mol. The largest absolute Gasteiger partial charge is 1.00 e. The number of benzene rings is 3. The molecule has 0 N–H and O–H groups in total. The fraction of sp³-hybridized carbons (Fsp3) is 0.214. The van der Waals surface area contributed by atoms with Gasteiger partial charge in [0.25, 0.3) is 0 Å². The highest BCUT2D eigenvalue weighted by atomic mass is 79.9. The molecule has 3 aromatic carbocycles. The van der Waals surface area contributed by atoms with Gasteiger partial charge < -0.3 is 21.7 Å². The van der Waals surface area contributed by atoms with Gasteiger partial charge in [0.1, 0.15) is 18.7 Å². The van der Waals surface area contributed by atoms with Crippen molar-refractivity contribution in [2.24, 2.45) is 0 Å². The van der Waals surface area contributed by atoms with Crippen LogP contribution < -0.4 is 17.0 Å². The highest BCUT2D eigenvalue weighted by molar-refractivity contribution is 5.50. The predicted octanol–water partition coefficient (Wildman–Crippen LogP) is 3.35. The van der Waals surface area contributed by atoms with Gasteiger partial charge in [-0.3, -0.25) is 4.48 Å². The lowest BCUT2D eigenvalue weighted by Crippen LogP contribution is -3.00. The summed E-state index contributed by atoms with van der Waals surface area (Å²) in [5.74, 6) is 0. The number of ether oxygens (including phenoxy) is 1. The Balaban J connectivity index is 0.00000272. The molecule has 1 aliphatic rings. The van der Waals surface area contributed by atoms with E-state index in [1.54, 1.807) is 0 Å². The third-order valence-corrected chi connectivity index (χ3v) is 6.23. The van der Waals surface area contributed by atoms with E-state index >= 15 is 0 Å². The maximum atomic E-state index is 6.65. The lowest BCUT2D eigenvalue weighted by Gasteiger charge is -2.36. The van der Waals surface area contributed by atoms with Crippen LogP contribution in [0.4, 0.5) is 0 Å². The van der Waals surface area contributed by atoms with Gasteiger partial charge in [-0.2, -0.15) is 0 Å². The maximum Gasteiger partial charge on any atom is 0.214 e. The standard InChI is InChI=1S/C28H30NO.BrH/c1-23-28(26-18-10-5-11-19-26)30-27(21-20-25-15-8-4-9-16-25)29(23,2)22-12-17-24-13-6-3-7-14-24;/h3-21,23,27-28H,22H2,1-2H3;1H/q+1;/p-1/b17-12+,21-20+;/t23-,27-,28-,29+;/m0./s1. The summed E-state index contributed by atoms with van der Waals surface area (Å²) in [7, 11) is 2.31. The second-order valence-electron chi connectivity index (χ2n) is 8.21. The molecule has 2 nitrogen and oxygen atoms in total. The molecule has 1 saturated heterocycles. The van der Waals surface area contributed by atoms with Gasteiger partial charge >= 0.3 is 0 Å². The molecule has 160 valence electrons. The normalized spacial score (nSPS) is 25.7. The van der Waals surface area contributed by atoms with E-state index in [2.05, 4.69) is 123 Å². The molecule has 4 atom stereocenters. The molecule has 0 bridgehead atoms. The Hall–Kier alpha value is -2.46. The van der Waals surface area contributed by atoms with Gasteiger partial charge in [0.05, 0.1) is 7.05 Å². The van der Waals surface area contributed by atoms with Gasteiger partial charge in [-0.15, -0.1) is 0 Å². The van der Waals surface area contributed by atoms with Crippen LogP contribution in [-0.4, -0.2) is 30.3 Å². The first-order valence-electron chi connectivity index (χ1n) is 10.7. The average Bonchev–Trinajstić information content (AvgIpc) is 3.05. The van der Waals surface area contributed by atoms with Crippen LogP contribution in [0.15, 0.2) is 103 Å². The van der Waals surface area contributed by atoms with Gasteiger partial charge in [0, 0.05) is 6.08 Å². The summed E-state index contributed by atoms with van der Waals surface area (Å²) in [5, 5.41) is 0. The highest BCUT2D eigenvalue weighted by Gasteiger charge is 2.49. The average molecular weight is 476 g/mol. The third kappa shape index (κ3) is 5.43. The van der Waals surface area contributed by atoms with Crippen molar-refractivity contribution >= 4 is 12.2 Å². The van der Waals surface area contributed by atoms with Gasteiger partial charge in [0.15, 0.2) is 0 Å². The fourth-order valence-corrected chi connectivity index (χ4v) is 4.19. The molecular formula is C28H30BrNO. The van der Waals surface area contributed by atoms with Crippen LogP contribution in [0.1, 0.15) is 29.7 Å². The first-order chi connectivity index (χ1) is 14.7. The molecule has 31 heavy (non-hydrogen) atoms. The van der Waals surface area contributed by atoms with Crippen molar-refractivity contribution in [1.82, 2.24) is 0 Å². The molecule has 0 aliphatic carbocycles. The first-order valence-corrected chi connectivity index (χ1v) is 10.7. The smallest absolute Gasteiger partial charge is 0.214 e. The number of halogens is 1. The fourth-order valence-electron chi connectivity index (χ4n) is 4.19. The number of rotatable bonds is 6. The summed E-state index contributed by atoms with van der Waals surface area (Å²) in [5.41, 5.74) is 3.67. The van der Waals surface area contributed by atoms with Crippen molar-refractivity contribution in [3.8, 4) is 0 Å². The van der Waals surface area contributed by atoms with Crippen LogP contribution in [0.3, 0.4) is 0 Å². The Bertz CT molecular complexity index is 987. The minimum Gasteiger partial charge on any atom is -1.00 e. The Morgan fingerprint density at radius 3 is 1.87 bits per heavy atom. The molecular weight excluding hydrogens is 446 g/mol. The van der Waals surface area contributed by atoms with E-state index in [1.165, 1.54) is 16.7 Å². The SMILES string of the molecule is C[C@H]1[C@@H](c2ccccc2)O[C@@H](/C=C/c2ccccc2)[N@+]1(C)C/C=C/c1ccccc1.[Br-].